The summed E-state index contributed by atoms with van der Waals surface area (Å²) < 4.78 is 16.8. The fourth-order valence-electron chi connectivity index (χ4n) is 7.77. The molecular weight excluding hydrogens is 817 g/mol. The predicted molar refractivity (Wildman–Crippen MR) is 284 cm³/mol. The van der Waals surface area contributed by atoms with Crippen molar-refractivity contribution in [1.82, 2.24) is 0 Å². The van der Waals surface area contributed by atoms with Gasteiger partial charge in [0.1, 0.15) is 13.2 Å². The summed E-state index contributed by atoms with van der Waals surface area (Å²) in [7, 11) is 0. The first kappa shape index (κ1) is 62.8. The zero-order chi connectivity index (χ0) is 47.9. The highest BCUT2D eigenvalue weighted by Gasteiger charge is 2.19. The van der Waals surface area contributed by atoms with Crippen LogP contribution in [0.5, 0.6) is 0 Å². The van der Waals surface area contributed by atoms with Crippen molar-refractivity contribution in [2.45, 2.75) is 277 Å². The third-order valence-corrected chi connectivity index (χ3v) is 11.9. The largest absolute Gasteiger partial charge is 0.462 e. The van der Waals surface area contributed by atoms with Gasteiger partial charge in [0, 0.05) is 19.3 Å². The standard InChI is InChI=1S/C60H104O6/c1-4-7-10-13-16-19-22-25-27-29-30-32-33-35-38-41-44-47-50-53-59(62)65-56-57(55-64-58(61)52-49-46-43-40-37-24-21-18-15-12-9-6-3)66-60(63)54-51-48-45-42-39-36-34-31-28-26-23-20-17-14-11-8-5-2/h7,10,16,19,25-28,34,36,42,45,57H,4-6,8-9,11-15,17-18,20-24,29-33,35,37-41,43-44,46-56H2,1-3H3/b10-7-,19-16-,27-25-,28-26-,36-34-,45-42-. The van der Waals surface area contributed by atoms with Crippen molar-refractivity contribution >= 4 is 17.9 Å². The van der Waals surface area contributed by atoms with Crippen LogP contribution in [0.1, 0.15) is 271 Å². The van der Waals surface area contributed by atoms with E-state index in [1.54, 1.807) is 0 Å². The number of hydrogen-bond donors (Lipinski definition) is 0. The van der Waals surface area contributed by atoms with E-state index in [1.165, 1.54) is 148 Å². The van der Waals surface area contributed by atoms with E-state index in [9.17, 15) is 14.4 Å². The van der Waals surface area contributed by atoms with Crippen LogP contribution in [0.2, 0.25) is 0 Å². The number of carbonyl (C=O) groups is 3. The van der Waals surface area contributed by atoms with Gasteiger partial charge in [-0.05, 0) is 83.5 Å². The summed E-state index contributed by atoms with van der Waals surface area (Å²) in [6.45, 7) is 6.49. The molecule has 6 heteroatoms. The molecule has 0 aliphatic carbocycles. The molecule has 66 heavy (non-hydrogen) atoms. The van der Waals surface area contributed by atoms with Gasteiger partial charge in [-0.2, -0.15) is 0 Å². The maximum atomic E-state index is 12.8. The topological polar surface area (TPSA) is 78.9 Å². The van der Waals surface area contributed by atoms with E-state index in [2.05, 4.69) is 93.7 Å². The molecule has 0 rings (SSSR count). The van der Waals surface area contributed by atoms with Crippen LogP contribution >= 0.6 is 0 Å². The minimum absolute atomic E-state index is 0.0949. The van der Waals surface area contributed by atoms with Crippen LogP contribution in [0.4, 0.5) is 0 Å². The predicted octanol–water partition coefficient (Wildman–Crippen LogP) is 18.6. The van der Waals surface area contributed by atoms with Crippen LogP contribution in [0.25, 0.3) is 0 Å². The number of ether oxygens (including phenoxy) is 3. The van der Waals surface area contributed by atoms with Gasteiger partial charge in [-0.1, -0.05) is 241 Å². The fraction of sp³-hybridized carbons (Fsp3) is 0.750. The van der Waals surface area contributed by atoms with E-state index in [4.69, 9.17) is 14.2 Å². The Bertz CT molecular complexity index is 1240. The normalized spacial score (nSPS) is 12.6. The lowest BCUT2D eigenvalue weighted by atomic mass is 10.0. The van der Waals surface area contributed by atoms with Gasteiger partial charge < -0.3 is 14.2 Å². The molecule has 0 heterocycles. The van der Waals surface area contributed by atoms with Gasteiger partial charge in [-0.25, -0.2) is 0 Å². The third-order valence-electron chi connectivity index (χ3n) is 11.9. The van der Waals surface area contributed by atoms with Crippen molar-refractivity contribution in [3.8, 4) is 0 Å². The minimum atomic E-state index is -0.802. The number of unbranched alkanes of at least 4 members (excludes halogenated alkanes) is 27. The molecule has 0 aromatic carbocycles. The second-order valence-electron chi connectivity index (χ2n) is 18.5. The van der Waals surface area contributed by atoms with Crippen molar-refractivity contribution < 1.29 is 28.6 Å². The van der Waals surface area contributed by atoms with Crippen molar-refractivity contribution in [2.24, 2.45) is 0 Å². The Kier molecular flexibility index (Phi) is 51.9. The first-order chi connectivity index (χ1) is 32.5. The Hall–Kier alpha value is -3.15. The van der Waals surface area contributed by atoms with Crippen LogP contribution in [0.3, 0.4) is 0 Å². The van der Waals surface area contributed by atoms with Crippen LogP contribution in [0.15, 0.2) is 72.9 Å². The van der Waals surface area contributed by atoms with Gasteiger partial charge in [-0.15, -0.1) is 0 Å². The first-order valence-corrected chi connectivity index (χ1v) is 27.9. The minimum Gasteiger partial charge on any atom is -0.462 e. The lowest BCUT2D eigenvalue weighted by Gasteiger charge is -2.18. The molecule has 0 saturated heterocycles. The van der Waals surface area contributed by atoms with Crippen LogP contribution in [-0.2, 0) is 28.6 Å². The van der Waals surface area contributed by atoms with Gasteiger partial charge in [0.05, 0.1) is 0 Å². The summed E-state index contributed by atoms with van der Waals surface area (Å²) in [5, 5.41) is 0. The zero-order valence-corrected chi connectivity index (χ0v) is 43.4. The van der Waals surface area contributed by atoms with Crippen molar-refractivity contribution in [3.05, 3.63) is 72.9 Å². The molecule has 0 saturated carbocycles. The van der Waals surface area contributed by atoms with Gasteiger partial charge in [0.2, 0.25) is 0 Å². The maximum Gasteiger partial charge on any atom is 0.306 e. The number of esters is 3. The molecule has 0 N–H and O–H groups in total. The summed E-state index contributed by atoms with van der Waals surface area (Å²) in [5.74, 6) is -0.947. The molecule has 380 valence electrons. The first-order valence-electron chi connectivity index (χ1n) is 27.9. The highest BCUT2D eigenvalue weighted by Crippen LogP contribution is 2.15. The van der Waals surface area contributed by atoms with Gasteiger partial charge >= 0.3 is 17.9 Å². The molecule has 6 nitrogen and oxygen atoms in total. The second-order valence-corrected chi connectivity index (χ2v) is 18.5. The highest BCUT2D eigenvalue weighted by molar-refractivity contribution is 5.71. The molecule has 0 spiro atoms. The van der Waals surface area contributed by atoms with Gasteiger partial charge in [0.15, 0.2) is 6.10 Å². The van der Waals surface area contributed by atoms with Gasteiger partial charge in [0.25, 0.3) is 0 Å². The smallest absolute Gasteiger partial charge is 0.306 e. The van der Waals surface area contributed by atoms with E-state index in [0.717, 1.165) is 77.0 Å². The zero-order valence-electron chi connectivity index (χ0n) is 43.4. The second kappa shape index (κ2) is 54.5. The highest BCUT2D eigenvalue weighted by atomic mass is 16.6. The van der Waals surface area contributed by atoms with Crippen LogP contribution < -0.4 is 0 Å². The summed E-state index contributed by atoms with van der Waals surface area (Å²) in [4.78, 5) is 38.1. The monoisotopic (exact) mass is 921 g/mol. The molecule has 0 aromatic heterocycles. The molecule has 0 radical (unpaired) electrons. The quantitative estimate of drug-likeness (QED) is 0.0262. The van der Waals surface area contributed by atoms with Crippen LogP contribution in [-0.4, -0.2) is 37.2 Å². The Labute approximate surface area is 408 Å². The van der Waals surface area contributed by atoms with Gasteiger partial charge in [-0.3, -0.25) is 14.4 Å². The van der Waals surface area contributed by atoms with Crippen molar-refractivity contribution in [3.63, 3.8) is 0 Å². The van der Waals surface area contributed by atoms with E-state index in [-0.39, 0.29) is 37.5 Å². The summed E-state index contributed by atoms with van der Waals surface area (Å²) in [5.41, 5.74) is 0. The van der Waals surface area contributed by atoms with E-state index >= 15 is 0 Å². The van der Waals surface area contributed by atoms with E-state index in [0.29, 0.717) is 19.3 Å². The van der Waals surface area contributed by atoms with E-state index < -0.39 is 6.10 Å². The Morgan fingerprint density at radius 2 is 0.606 bits per heavy atom. The Morgan fingerprint density at radius 1 is 0.318 bits per heavy atom. The average Bonchev–Trinajstić information content (AvgIpc) is 3.31. The molecule has 0 bridgehead atoms. The molecular formula is C60H104O6. The van der Waals surface area contributed by atoms with Crippen LogP contribution in [0, 0.1) is 0 Å². The SMILES string of the molecule is CC/C=C\C/C=C\C/C=C\CCCCCCCCCCCC(=O)OCC(COC(=O)CCCCCCCCCCCCCC)OC(=O)CCC/C=C\C/C=C\C/C=C\CCCCCCCC. The van der Waals surface area contributed by atoms with E-state index in [1.807, 2.05) is 0 Å². The summed E-state index contributed by atoms with van der Waals surface area (Å²) in [6, 6.07) is 0. The Balaban J connectivity index is 4.42. The lowest BCUT2D eigenvalue weighted by Crippen LogP contribution is -2.30. The molecule has 0 aliphatic rings. The van der Waals surface area contributed by atoms with Crippen molar-refractivity contribution in [1.29, 1.82) is 0 Å². The number of allylic oxidation sites excluding steroid dienone is 12. The summed E-state index contributed by atoms with van der Waals surface area (Å²) in [6.07, 6.45) is 68.9. The number of rotatable bonds is 50. The third kappa shape index (κ3) is 51.8. The number of hydrogen-bond acceptors (Lipinski definition) is 6. The fourth-order valence-corrected chi connectivity index (χ4v) is 7.77. The van der Waals surface area contributed by atoms with Crippen molar-refractivity contribution in [2.75, 3.05) is 13.2 Å². The molecule has 1 unspecified atom stereocenters. The molecule has 0 fully saturated rings. The molecule has 0 aliphatic heterocycles. The molecule has 1 atom stereocenters. The lowest BCUT2D eigenvalue weighted by molar-refractivity contribution is -0.167. The Morgan fingerprint density at radius 3 is 0.970 bits per heavy atom. The average molecular weight is 921 g/mol. The maximum absolute atomic E-state index is 12.8. The molecule has 0 amide bonds. The summed E-state index contributed by atoms with van der Waals surface area (Å²) >= 11 is 0. The number of carbonyl (C=O) groups excluding carboxylic acids is 3. The molecule has 0 aromatic rings.